The lowest BCUT2D eigenvalue weighted by atomic mass is 9.95. The van der Waals surface area contributed by atoms with Gasteiger partial charge < -0.3 is 11.1 Å². The molecule has 0 saturated carbocycles. The molecule has 0 aliphatic heterocycles. The molecule has 0 saturated heterocycles. The van der Waals surface area contributed by atoms with Gasteiger partial charge in [0, 0.05) is 10.5 Å². The van der Waals surface area contributed by atoms with Gasteiger partial charge in [0.15, 0.2) is 0 Å². The third kappa shape index (κ3) is 4.41. The molecule has 0 aromatic heterocycles. The Hall–Kier alpha value is -0.380. The molecule has 1 rings (SSSR count). The molecule has 0 aliphatic rings. The highest BCUT2D eigenvalue weighted by Gasteiger charge is 2.14. The minimum absolute atomic E-state index is 0.346. The van der Waals surface area contributed by atoms with Crippen molar-refractivity contribution >= 4 is 15.9 Å². The van der Waals surface area contributed by atoms with Gasteiger partial charge in [0.25, 0.3) is 0 Å². The Balaban J connectivity index is 2.55. The minimum atomic E-state index is 0.346. The van der Waals surface area contributed by atoms with Crippen LogP contribution in [-0.2, 0) is 0 Å². The molecule has 0 radical (unpaired) electrons. The Labute approximate surface area is 113 Å². The molecule has 3 N–H and O–H groups in total. The Morgan fingerprint density at radius 3 is 2.41 bits per heavy atom. The fourth-order valence-corrected chi connectivity index (χ4v) is 2.48. The Morgan fingerprint density at radius 2 is 1.88 bits per heavy atom. The lowest BCUT2D eigenvalue weighted by molar-refractivity contribution is 0.356. The number of nitrogens with one attached hydrogen (secondary N) is 1. The van der Waals surface area contributed by atoms with E-state index in [9.17, 15) is 0 Å². The molecular formula is C14H23BrN2. The summed E-state index contributed by atoms with van der Waals surface area (Å²) in [6.07, 6.45) is 0. The van der Waals surface area contributed by atoms with Crippen molar-refractivity contribution in [2.45, 2.75) is 26.8 Å². The maximum Gasteiger partial charge on any atom is 0.0303 e. The topological polar surface area (TPSA) is 38.0 Å². The van der Waals surface area contributed by atoms with E-state index in [1.165, 1.54) is 5.56 Å². The van der Waals surface area contributed by atoms with Crippen LogP contribution in [0.4, 0.5) is 0 Å². The fraction of sp³-hybridized carbons (Fsp3) is 0.571. The Morgan fingerprint density at radius 1 is 1.24 bits per heavy atom. The van der Waals surface area contributed by atoms with Crippen molar-refractivity contribution in [2.24, 2.45) is 17.6 Å². The van der Waals surface area contributed by atoms with Crippen LogP contribution in [0.5, 0.6) is 0 Å². The molecule has 0 fully saturated rings. The first-order valence-electron chi connectivity index (χ1n) is 6.24. The van der Waals surface area contributed by atoms with Gasteiger partial charge in [0.05, 0.1) is 0 Å². The van der Waals surface area contributed by atoms with Gasteiger partial charge in [-0.25, -0.2) is 0 Å². The van der Waals surface area contributed by atoms with E-state index in [4.69, 9.17) is 5.73 Å². The average molecular weight is 299 g/mol. The van der Waals surface area contributed by atoms with Crippen molar-refractivity contribution < 1.29 is 0 Å². The van der Waals surface area contributed by atoms with Gasteiger partial charge in [0.1, 0.15) is 0 Å². The van der Waals surface area contributed by atoms with Crippen LogP contribution in [0.15, 0.2) is 28.7 Å². The second kappa shape index (κ2) is 7.14. The molecule has 3 heteroatoms. The van der Waals surface area contributed by atoms with Crippen LogP contribution in [0.1, 0.15) is 32.4 Å². The normalized spacial score (nSPS) is 14.9. The molecule has 17 heavy (non-hydrogen) atoms. The summed E-state index contributed by atoms with van der Waals surface area (Å²) in [5.41, 5.74) is 7.08. The summed E-state index contributed by atoms with van der Waals surface area (Å²) in [6.45, 7) is 8.35. The lowest BCUT2D eigenvalue weighted by Crippen LogP contribution is -2.33. The quantitative estimate of drug-likeness (QED) is 0.845. The summed E-state index contributed by atoms with van der Waals surface area (Å²) in [4.78, 5) is 0. The standard InChI is InChI=1S/C14H23BrN2/c1-10(2)12(8-16)9-17-11(3)13-6-4-5-7-14(13)15/h4-7,10-12,17H,8-9,16H2,1-3H3/t11-,12?/m0/s1. The molecule has 0 heterocycles. The first-order valence-corrected chi connectivity index (χ1v) is 7.03. The fourth-order valence-electron chi connectivity index (χ4n) is 1.86. The van der Waals surface area contributed by atoms with Gasteiger partial charge in [-0.15, -0.1) is 0 Å². The zero-order chi connectivity index (χ0) is 12.8. The molecule has 1 aromatic rings. The second-order valence-corrected chi connectivity index (χ2v) is 5.75. The first-order chi connectivity index (χ1) is 8.06. The molecule has 1 aromatic carbocycles. The lowest BCUT2D eigenvalue weighted by Gasteiger charge is -2.23. The summed E-state index contributed by atoms with van der Waals surface area (Å²) in [6, 6.07) is 8.68. The van der Waals surface area contributed by atoms with Crippen LogP contribution in [0, 0.1) is 11.8 Å². The highest BCUT2D eigenvalue weighted by molar-refractivity contribution is 9.10. The van der Waals surface area contributed by atoms with Crippen molar-refractivity contribution in [3.8, 4) is 0 Å². The van der Waals surface area contributed by atoms with E-state index in [2.05, 4.69) is 60.2 Å². The summed E-state index contributed by atoms with van der Waals surface area (Å²) < 4.78 is 1.16. The van der Waals surface area contributed by atoms with E-state index in [0.29, 0.717) is 17.9 Å². The van der Waals surface area contributed by atoms with Gasteiger partial charge in [-0.05, 0) is 43.5 Å². The predicted molar refractivity (Wildman–Crippen MR) is 77.9 cm³/mol. The molecule has 0 spiro atoms. The predicted octanol–water partition coefficient (Wildman–Crippen LogP) is 3.33. The second-order valence-electron chi connectivity index (χ2n) is 4.89. The van der Waals surface area contributed by atoms with Gasteiger partial charge >= 0.3 is 0 Å². The van der Waals surface area contributed by atoms with E-state index >= 15 is 0 Å². The maximum absolute atomic E-state index is 5.78. The number of hydrogen-bond acceptors (Lipinski definition) is 2. The highest BCUT2D eigenvalue weighted by atomic mass is 79.9. The zero-order valence-corrected chi connectivity index (χ0v) is 12.5. The van der Waals surface area contributed by atoms with Gasteiger partial charge in [-0.1, -0.05) is 48.0 Å². The first kappa shape index (κ1) is 14.7. The molecular weight excluding hydrogens is 276 g/mol. The van der Waals surface area contributed by atoms with E-state index in [0.717, 1.165) is 17.6 Å². The van der Waals surface area contributed by atoms with Crippen molar-refractivity contribution in [2.75, 3.05) is 13.1 Å². The van der Waals surface area contributed by atoms with Gasteiger partial charge in [-0.2, -0.15) is 0 Å². The summed E-state index contributed by atoms with van der Waals surface area (Å²) >= 11 is 3.59. The van der Waals surface area contributed by atoms with Crippen molar-refractivity contribution in [1.29, 1.82) is 0 Å². The third-order valence-corrected chi connectivity index (χ3v) is 4.03. The number of nitrogens with two attached hydrogens (primary N) is 1. The van der Waals surface area contributed by atoms with Crippen LogP contribution < -0.4 is 11.1 Å². The third-order valence-electron chi connectivity index (χ3n) is 3.30. The van der Waals surface area contributed by atoms with Crippen LogP contribution in [0.3, 0.4) is 0 Å². The van der Waals surface area contributed by atoms with Crippen molar-refractivity contribution in [3.63, 3.8) is 0 Å². The van der Waals surface area contributed by atoms with Crippen LogP contribution >= 0.6 is 15.9 Å². The molecule has 1 unspecified atom stereocenters. The number of benzene rings is 1. The molecule has 2 atom stereocenters. The maximum atomic E-state index is 5.78. The van der Waals surface area contributed by atoms with E-state index in [-0.39, 0.29) is 0 Å². The minimum Gasteiger partial charge on any atom is -0.330 e. The molecule has 2 nitrogen and oxygen atoms in total. The molecule has 0 amide bonds. The molecule has 96 valence electrons. The molecule has 0 aliphatic carbocycles. The van der Waals surface area contributed by atoms with Crippen LogP contribution in [0.25, 0.3) is 0 Å². The SMILES string of the molecule is CC(C)C(CN)CN[C@@H](C)c1ccccc1Br. The van der Waals surface area contributed by atoms with Crippen molar-refractivity contribution in [1.82, 2.24) is 5.32 Å². The van der Waals surface area contributed by atoms with Gasteiger partial charge in [-0.3, -0.25) is 0 Å². The monoisotopic (exact) mass is 298 g/mol. The van der Waals surface area contributed by atoms with Gasteiger partial charge in [0.2, 0.25) is 0 Å². The van der Waals surface area contributed by atoms with Crippen molar-refractivity contribution in [3.05, 3.63) is 34.3 Å². The van der Waals surface area contributed by atoms with Crippen LogP contribution in [-0.4, -0.2) is 13.1 Å². The highest BCUT2D eigenvalue weighted by Crippen LogP contribution is 2.23. The number of halogens is 1. The van der Waals surface area contributed by atoms with Crippen LogP contribution in [0.2, 0.25) is 0 Å². The average Bonchev–Trinajstić information content (AvgIpc) is 2.29. The smallest absolute Gasteiger partial charge is 0.0303 e. The number of hydrogen-bond donors (Lipinski definition) is 2. The largest absolute Gasteiger partial charge is 0.330 e. The summed E-state index contributed by atoms with van der Waals surface area (Å²) in [5, 5.41) is 3.56. The zero-order valence-electron chi connectivity index (χ0n) is 10.9. The summed E-state index contributed by atoms with van der Waals surface area (Å²) in [7, 11) is 0. The molecule has 0 bridgehead atoms. The van der Waals surface area contributed by atoms with E-state index in [1.807, 2.05) is 6.07 Å². The Bertz CT molecular complexity index is 339. The number of rotatable bonds is 6. The Kier molecular flexibility index (Phi) is 6.17. The van der Waals surface area contributed by atoms with E-state index < -0.39 is 0 Å². The summed E-state index contributed by atoms with van der Waals surface area (Å²) in [5.74, 6) is 1.17. The van der Waals surface area contributed by atoms with E-state index in [1.54, 1.807) is 0 Å².